The quantitative estimate of drug-likeness (QED) is 0.809. The minimum Gasteiger partial charge on any atom is -0.507 e. The first-order valence-corrected chi connectivity index (χ1v) is 6.72. The lowest BCUT2D eigenvalue weighted by atomic mass is 10.1. The van der Waals surface area contributed by atoms with Crippen molar-refractivity contribution >= 4 is 5.91 Å². The number of hydrogen-bond donors (Lipinski definition) is 3. The minimum atomic E-state index is -0.731. The third kappa shape index (κ3) is 2.73. The number of aromatic hydroxyl groups is 1. The molecule has 1 amide bonds. The van der Waals surface area contributed by atoms with Gasteiger partial charge in [0.2, 0.25) is 0 Å². The summed E-state index contributed by atoms with van der Waals surface area (Å²) in [5, 5.41) is 15.5. The molecule has 1 heterocycles. The van der Waals surface area contributed by atoms with E-state index in [0.29, 0.717) is 6.54 Å². The monoisotopic (exact) mass is 286 g/mol. The molecule has 0 bridgehead atoms. The van der Waals surface area contributed by atoms with Gasteiger partial charge in [0.1, 0.15) is 17.1 Å². The molecular formula is C16H15FN2O2. The highest BCUT2D eigenvalue weighted by Gasteiger charge is 2.16. The average Bonchev–Trinajstić information content (AvgIpc) is 2.92. The molecule has 1 aliphatic rings. The lowest BCUT2D eigenvalue weighted by Gasteiger charge is -2.09. The van der Waals surface area contributed by atoms with Gasteiger partial charge in [-0.2, -0.15) is 0 Å². The van der Waals surface area contributed by atoms with E-state index in [4.69, 9.17) is 0 Å². The second kappa shape index (κ2) is 5.54. The molecule has 5 heteroatoms. The molecule has 0 atom stereocenters. The van der Waals surface area contributed by atoms with E-state index in [-0.39, 0.29) is 11.3 Å². The normalized spacial score (nSPS) is 13.0. The number of carbonyl (C=O) groups is 1. The number of phenolic OH excluding ortho intramolecular Hbond substituents is 1. The smallest absolute Gasteiger partial charge is 0.258 e. The molecule has 108 valence electrons. The molecule has 0 radical (unpaired) electrons. The van der Waals surface area contributed by atoms with E-state index in [1.807, 2.05) is 18.2 Å². The summed E-state index contributed by atoms with van der Waals surface area (Å²) in [6.07, 6.45) is 0. The van der Waals surface area contributed by atoms with Crippen molar-refractivity contribution in [2.45, 2.75) is 19.6 Å². The number of amides is 1. The lowest BCUT2D eigenvalue weighted by Crippen LogP contribution is -2.24. The van der Waals surface area contributed by atoms with E-state index >= 15 is 0 Å². The van der Waals surface area contributed by atoms with Gasteiger partial charge in [0.15, 0.2) is 0 Å². The average molecular weight is 286 g/mol. The molecule has 0 saturated carbocycles. The Morgan fingerprint density at radius 1 is 1.24 bits per heavy atom. The van der Waals surface area contributed by atoms with Crippen LogP contribution in [0.5, 0.6) is 5.75 Å². The lowest BCUT2D eigenvalue weighted by molar-refractivity contribution is 0.0944. The predicted molar refractivity (Wildman–Crippen MR) is 76.2 cm³/mol. The van der Waals surface area contributed by atoms with Crippen molar-refractivity contribution in [1.82, 2.24) is 10.6 Å². The topological polar surface area (TPSA) is 61.4 Å². The number of benzene rings is 2. The Morgan fingerprint density at radius 2 is 2.05 bits per heavy atom. The molecular weight excluding hydrogens is 271 g/mol. The van der Waals surface area contributed by atoms with Gasteiger partial charge in [-0.15, -0.1) is 0 Å². The van der Waals surface area contributed by atoms with Crippen LogP contribution >= 0.6 is 0 Å². The van der Waals surface area contributed by atoms with Crippen LogP contribution in [0.4, 0.5) is 4.39 Å². The van der Waals surface area contributed by atoms with Gasteiger partial charge in [-0.3, -0.25) is 4.79 Å². The third-order valence-electron chi connectivity index (χ3n) is 3.57. The fourth-order valence-corrected chi connectivity index (χ4v) is 2.47. The van der Waals surface area contributed by atoms with Gasteiger partial charge in [0, 0.05) is 19.6 Å². The molecule has 0 spiro atoms. The molecule has 0 aliphatic carbocycles. The zero-order valence-corrected chi connectivity index (χ0v) is 11.3. The summed E-state index contributed by atoms with van der Waals surface area (Å²) in [5.41, 5.74) is 3.11. The van der Waals surface area contributed by atoms with Crippen molar-refractivity contribution in [1.29, 1.82) is 0 Å². The summed E-state index contributed by atoms with van der Waals surface area (Å²) < 4.78 is 13.6. The molecule has 0 fully saturated rings. The summed E-state index contributed by atoms with van der Waals surface area (Å²) in [6.45, 7) is 1.98. The van der Waals surface area contributed by atoms with Crippen molar-refractivity contribution in [3.63, 3.8) is 0 Å². The number of hydrogen-bond acceptors (Lipinski definition) is 3. The number of rotatable bonds is 3. The van der Waals surface area contributed by atoms with Crippen molar-refractivity contribution in [2.24, 2.45) is 0 Å². The van der Waals surface area contributed by atoms with Crippen molar-refractivity contribution < 1.29 is 14.3 Å². The Bertz CT molecular complexity index is 680. The molecule has 3 rings (SSSR count). The summed E-state index contributed by atoms with van der Waals surface area (Å²) >= 11 is 0. The van der Waals surface area contributed by atoms with Crippen LogP contribution in [-0.2, 0) is 19.6 Å². The highest BCUT2D eigenvalue weighted by molar-refractivity contribution is 5.97. The first-order valence-electron chi connectivity index (χ1n) is 6.72. The first-order chi connectivity index (χ1) is 10.1. The maximum atomic E-state index is 13.6. The Morgan fingerprint density at radius 3 is 2.86 bits per heavy atom. The summed E-state index contributed by atoms with van der Waals surface area (Å²) in [4.78, 5) is 12.0. The SMILES string of the molecule is O=C(NCc1ccc2c(c1)CNC2)c1c(O)cccc1F. The Balaban J connectivity index is 1.71. The zero-order chi connectivity index (χ0) is 14.8. The van der Waals surface area contributed by atoms with Gasteiger partial charge < -0.3 is 15.7 Å². The van der Waals surface area contributed by atoms with E-state index in [1.165, 1.54) is 23.3 Å². The Kier molecular flexibility index (Phi) is 3.58. The maximum Gasteiger partial charge on any atom is 0.258 e. The van der Waals surface area contributed by atoms with Crippen LogP contribution in [0.25, 0.3) is 0 Å². The fraction of sp³-hybridized carbons (Fsp3) is 0.188. The number of phenols is 1. The second-order valence-electron chi connectivity index (χ2n) is 5.02. The maximum absolute atomic E-state index is 13.6. The number of carbonyl (C=O) groups excluding carboxylic acids is 1. The van der Waals surface area contributed by atoms with Crippen molar-refractivity contribution in [3.8, 4) is 5.75 Å². The van der Waals surface area contributed by atoms with Crippen LogP contribution in [0.3, 0.4) is 0 Å². The molecule has 3 N–H and O–H groups in total. The van der Waals surface area contributed by atoms with Crippen LogP contribution in [0.15, 0.2) is 36.4 Å². The molecule has 0 aromatic heterocycles. The number of fused-ring (bicyclic) bond motifs is 1. The van der Waals surface area contributed by atoms with E-state index in [0.717, 1.165) is 24.7 Å². The fourth-order valence-electron chi connectivity index (χ4n) is 2.47. The van der Waals surface area contributed by atoms with Gasteiger partial charge in [0.25, 0.3) is 5.91 Å². The van der Waals surface area contributed by atoms with Gasteiger partial charge in [-0.25, -0.2) is 4.39 Å². The van der Waals surface area contributed by atoms with E-state index in [1.54, 1.807) is 0 Å². The zero-order valence-electron chi connectivity index (χ0n) is 11.3. The van der Waals surface area contributed by atoms with Crippen molar-refractivity contribution in [2.75, 3.05) is 0 Å². The number of nitrogens with one attached hydrogen (secondary N) is 2. The van der Waals surface area contributed by atoms with Crippen LogP contribution in [0.1, 0.15) is 27.0 Å². The molecule has 4 nitrogen and oxygen atoms in total. The van der Waals surface area contributed by atoms with E-state index in [9.17, 15) is 14.3 Å². The molecule has 2 aromatic rings. The van der Waals surface area contributed by atoms with Gasteiger partial charge in [-0.1, -0.05) is 24.3 Å². The van der Waals surface area contributed by atoms with Crippen molar-refractivity contribution in [3.05, 3.63) is 64.5 Å². The molecule has 2 aromatic carbocycles. The van der Waals surface area contributed by atoms with Gasteiger partial charge >= 0.3 is 0 Å². The molecule has 21 heavy (non-hydrogen) atoms. The summed E-state index contributed by atoms with van der Waals surface area (Å²) in [7, 11) is 0. The van der Waals surface area contributed by atoms with Gasteiger partial charge in [-0.05, 0) is 28.8 Å². The standard InChI is InChI=1S/C16H15FN2O2/c17-13-2-1-3-14(20)15(13)16(21)19-7-10-4-5-11-8-18-9-12(11)6-10/h1-6,18,20H,7-9H2,(H,19,21). The Labute approximate surface area is 121 Å². The van der Waals surface area contributed by atoms with E-state index < -0.39 is 11.7 Å². The third-order valence-corrected chi connectivity index (χ3v) is 3.57. The Hall–Kier alpha value is -2.40. The van der Waals surface area contributed by atoms with Gasteiger partial charge in [0.05, 0.1) is 0 Å². The summed E-state index contributed by atoms with van der Waals surface area (Å²) in [5.74, 6) is -1.71. The molecule has 1 aliphatic heterocycles. The molecule has 0 saturated heterocycles. The second-order valence-corrected chi connectivity index (χ2v) is 5.02. The van der Waals surface area contributed by atoms with Crippen LogP contribution < -0.4 is 10.6 Å². The van der Waals surface area contributed by atoms with Crippen LogP contribution in [0.2, 0.25) is 0 Å². The minimum absolute atomic E-state index is 0.292. The largest absolute Gasteiger partial charge is 0.507 e. The number of halogens is 1. The van der Waals surface area contributed by atoms with E-state index in [2.05, 4.69) is 10.6 Å². The predicted octanol–water partition coefficient (Wildman–Crippen LogP) is 2.06. The highest BCUT2D eigenvalue weighted by Crippen LogP contribution is 2.20. The summed E-state index contributed by atoms with van der Waals surface area (Å²) in [6, 6.07) is 9.78. The molecule has 0 unspecified atom stereocenters. The van der Waals surface area contributed by atoms with Crippen LogP contribution in [-0.4, -0.2) is 11.0 Å². The first kappa shape index (κ1) is 13.6. The van der Waals surface area contributed by atoms with Crippen LogP contribution in [0, 0.1) is 5.82 Å². The highest BCUT2D eigenvalue weighted by atomic mass is 19.1.